The Bertz CT molecular complexity index is 801. The molecule has 1 saturated carbocycles. The predicted octanol–water partition coefficient (Wildman–Crippen LogP) is 0.236. The zero-order valence-electron chi connectivity index (χ0n) is 15.2. The van der Waals surface area contributed by atoms with Crippen LogP contribution in [0.1, 0.15) is 19.4 Å². The summed E-state index contributed by atoms with van der Waals surface area (Å²) in [5.41, 5.74) is -6.38. The van der Waals surface area contributed by atoms with E-state index in [0.29, 0.717) is 0 Å². The van der Waals surface area contributed by atoms with Gasteiger partial charge in [0, 0.05) is 5.41 Å². The smallest absolute Gasteiger partial charge is 0.341 e. The van der Waals surface area contributed by atoms with Gasteiger partial charge in [-0.05, 0) is 19.1 Å². The van der Waals surface area contributed by atoms with Crippen molar-refractivity contribution in [1.82, 2.24) is 0 Å². The fourth-order valence-corrected chi connectivity index (χ4v) is 4.36. The molecule has 0 aliphatic heterocycles. The molecular weight excluding hydrogens is 380 g/mol. The Morgan fingerprint density at radius 2 is 1.56 bits per heavy atom. The number of Topliss-reactive ketones (excluding diaryl/α,β-unsaturated/α-hetero) is 1. The second kappa shape index (κ2) is 6.36. The lowest BCUT2D eigenvalue weighted by atomic mass is 9.99. The van der Waals surface area contributed by atoms with Gasteiger partial charge >= 0.3 is 11.1 Å². The Balaban J connectivity index is 2.36. The third-order valence-electron chi connectivity index (χ3n) is 5.28. The number of hydrogen-bond donors (Lipinski definition) is 5. The number of aliphatic hydroxyl groups is 3. The van der Waals surface area contributed by atoms with Crippen LogP contribution in [0.25, 0.3) is 0 Å². The van der Waals surface area contributed by atoms with Crippen LogP contribution in [0.5, 0.6) is 0 Å². The Morgan fingerprint density at radius 1 is 1.07 bits per heavy atom. The monoisotopic (exact) mass is 402 g/mol. The van der Waals surface area contributed by atoms with Crippen molar-refractivity contribution in [2.75, 3.05) is 7.11 Å². The number of ether oxygens (including phenoxy) is 1. The Kier molecular flexibility index (Phi) is 5.06. The predicted molar refractivity (Wildman–Crippen MR) is 94.0 cm³/mol. The Labute approximate surface area is 156 Å². The summed E-state index contributed by atoms with van der Waals surface area (Å²) in [7, 11) is -3.36. The van der Waals surface area contributed by atoms with Crippen LogP contribution in [-0.4, -0.2) is 65.7 Å². The topological polar surface area (TPSA) is 162 Å². The van der Waals surface area contributed by atoms with Crippen LogP contribution in [0.15, 0.2) is 29.2 Å². The molecular formula is C17H22O9S. The summed E-state index contributed by atoms with van der Waals surface area (Å²) >= 11 is 0. The van der Waals surface area contributed by atoms with Gasteiger partial charge in [-0.1, -0.05) is 31.5 Å². The summed E-state index contributed by atoms with van der Waals surface area (Å²) in [5.74, 6) is -3.05. The van der Waals surface area contributed by atoms with Crippen LogP contribution in [-0.2, 0) is 19.1 Å². The number of methoxy groups -OCH3 is 1. The summed E-state index contributed by atoms with van der Waals surface area (Å²) in [6, 6.07) is 5.46. The number of hydrogen-bond acceptors (Lipinski definition) is 9. The van der Waals surface area contributed by atoms with Gasteiger partial charge in [0.1, 0.15) is 5.60 Å². The molecule has 1 aliphatic rings. The molecule has 0 saturated heterocycles. The number of ketones is 1. The van der Waals surface area contributed by atoms with Crippen LogP contribution in [0.2, 0.25) is 0 Å². The van der Waals surface area contributed by atoms with E-state index in [1.54, 1.807) is 6.92 Å². The molecule has 0 aromatic heterocycles. The lowest BCUT2D eigenvalue weighted by molar-refractivity contribution is -0.164. The first-order chi connectivity index (χ1) is 12.2. The summed E-state index contributed by atoms with van der Waals surface area (Å²) in [6.07, 6.45) is -2.58. The third kappa shape index (κ3) is 2.64. The normalized spacial score (nSPS) is 28.2. The standard InChI is InChI=1S/C17H22O9S/c1-9-5-7-10(8-6-9)27(24,25)13(20)11(18)12(19)16(22)15(2,3)17(16,23)14(21)26-4/h5-8,12,19,22-25H,1-4H3/t12-,16-,17+/m1/s1. The van der Waals surface area contributed by atoms with Crippen LogP contribution in [0.3, 0.4) is 0 Å². The van der Waals surface area contributed by atoms with Crippen molar-refractivity contribution in [3.8, 4) is 0 Å². The third-order valence-corrected chi connectivity index (χ3v) is 6.93. The highest BCUT2D eigenvalue weighted by molar-refractivity contribution is 8.38. The number of rotatable bonds is 5. The first kappa shape index (κ1) is 21.5. The average molecular weight is 402 g/mol. The van der Waals surface area contributed by atoms with E-state index < -0.39 is 50.2 Å². The maximum absolute atomic E-state index is 12.4. The number of aliphatic hydroxyl groups excluding tert-OH is 1. The van der Waals surface area contributed by atoms with Crippen molar-refractivity contribution in [3.05, 3.63) is 29.8 Å². The minimum atomic E-state index is -4.29. The molecule has 10 heteroatoms. The molecule has 0 spiro atoms. The lowest BCUT2D eigenvalue weighted by Crippen LogP contribution is -2.49. The molecule has 9 nitrogen and oxygen atoms in total. The van der Waals surface area contributed by atoms with E-state index in [2.05, 4.69) is 4.74 Å². The van der Waals surface area contributed by atoms with Gasteiger partial charge in [-0.15, -0.1) is 10.6 Å². The van der Waals surface area contributed by atoms with E-state index in [-0.39, 0.29) is 4.90 Å². The molecule has 0 radical (unpaired) electrons. The van der Waals surface area contributed by atoms with Crippen LogP contribution < -0.4 is 0 Å². The highest BCUT2D eigenvalue weighted by atomic mass is 32.3. The molecule has 150 valence electrons. The highest BCUT2D eigenvalue weighted by Crippen LogP contribution is 2.67. The first-order valence-corrected chi connectivity index (χ1v) is 9.40. The van der Waals surface area contributed by atoms with Gasteiger partial charge in [0.05, 0.1) is 12.0 Å². The molecule has 1 aromatic carbocycles. The van der Waals surface area contributed by atoms with Gasteiger partial charge in [0.25, 0.3) is 5.78 Å². The van der Waals surface area contributed by atoms with E-state index in [1.165, 1.54) is 38.1 Å². The molecule has 5 N–H and O–H groups in total. The minimum Gasteiger partial charge on any atom is -0.467 e. The van der Waals surface area contributed by atoms with Gasteiger partial charge in [0.15, 0.2) is 6.10 Å². The molecule has 2 rings (SSSR count). The Morgan fingerprint density at radius 3 is 2.00 bits per heavy atom. The van der Waals surface area contributed by atoms with Crippen molar-refractivity contribution in [2.24, 2.45) is 5.41 Å². The maximum Gasteiger partial charge on any atom is 0.341 e. The lowest BCUT2D eigenvalue weighted by Gasteiger charge is -2.31. The van der Waals surface area contributed by atoms with Gasteiger partial charge in [0.2, 0.25) is 5.60 Å². The van der Waals surface area contributed by atoms with Gasteiger partial charge in [-0.2, -0.15) is 0 Å². The van der Waals surface area contributed by atoms with Gasteiger partial charge in [-0.25, -0.2) is 4.79 Å². The number of carbonyl (C=O) groups is 3. The van der Waals surface area contributed by atoms with Gasteiger partial charge < -0.3 is 20.1 Å². The van der Waals surface area contributed by atoms with Crippen molar-refractivity contribution in [3.63, 3.8) is 0 Å². The fourth-order valence-electron chi connectivity index (χ4n) is 3.24. The molecule has 0 heterocycles. The van der Waals surface area contributed by atoms with Crippen molar-refractivity contribution in [2.45, 2.75) is 43.0 Å². The van der Waals surface area contributed by atoms with Crippen molar-refractivity contribution >= 4 is 27.5 Å². The molecule has 0 bridgehead atoms. The fraction of sp³-hybridized carbons (Fsp3) is 0.471. The number of carbonyl (C=O) groups excluding carboxylic acids is 3. The molecule has 1 fully saturated rings. The molecule has 3 atom stereocenters. The van der Waals surface area contributed by atoms with E-state index in [1.807, 2.05) is 0 Å². The number of benzene rings is 1. The van der Waals surface area contributed by atoms with Crippen LogP contribution >= 0.6 is 10.6 Å². The largest absolute Gasteiger partial charge is 0.467 e. The molecule has 1 aliphatic carbocycles. The SMILES string of the molecule is COC(=O)[C@]1(O)C(C)(C)[C@]1(O)[C@H](O)C(=O)C(=O)S(O)(O)c1ccc(C)cc1. The van der Waals surface area contributed by atoms with E-state index in [4.69, 9.17) is 0 Å². The molecule has 0 amide bonds. The molecule has 1 aromatic rings. The summed E-state index contributed by atoms with van der Waals surface area (Å²) < 4.78 is 24.8. The minimum absolute atomic E-state index is 0.246. The molecule has 27 heavy (non-hydrogen) atoms. The van der Waals surface area contributed by atoms with Crippen LogP contribution in [0, 0.1) is 12.3 Å². The second-order valence-electron chi connectivity index (χ2n) is 7.01. The van der Waals surface area contributed by atoms with E-state index in [0.717, 1.165) is 12.7 Å². The summed E-state index contributed by atoms with van der Waals surface area (Å²) in [6.45, 7) is 4.09. The van der Waals surface area contributed by atoms with Gasteiger partial charge in [-0.3, -0.25) is 18.7 Å². The van der Waals surface area contributed by atoms with E-state index >= 15 is 0 Å². The van der Waals surface area contributed by atoms with Crippen molar-refractivity contribution in [1.29, 1.82) is 0 Å². The Hall–Kier alpha value is -1.82. The quantitative estimate of drug-likeness (QED) is 0.343. The molecule has 0 unspecified atom stereocenters. The second-order valence-corrected chi connectivity index (χ2v) is 8.95. The average Bonchev–Trinajstić information content (AvgIpc) is 2.99. The zero-order valence-corrected chi connectivity index (χ0v) is 16.0. The maximum atomic E-state index is 12.4. The first-order valence-electron chi connectivity index (χ1n) is 7.85. The summed E-state index contributed by atoms with van der Waals surface area (Å²) in [4.78, 5) is 36.3. The van der Waals surface area contributed by atoms with Crippen molar-refractivity contribution < 1.29 is 43.5 Å². The summed E-state index contributed by atoms with van der Waals surface area (Å²) in [5, 5.41) is 29.6. The number of esters is 1. The number of aryl methyl sites for hydroxylation is 1. The van der Waals surface area contributed by atoms with E-state index in [9.17, 15) is 38.8 Å². The van der Waals surface area contributed by atoms with Crippen LogP contribution in [0.4, 0.5) is 0 Å². The highest BCUT2D eigenvalue weighted by Gasteiger charge is 2.91. The zero-order chi connectivity index (χ0) is 21.0.